The van der Waals surface area contributed by atoms with Crippen LogP contribution in [0.1, 0.15) is 11.3 Å². The number of nitrogens with zero attached hydrogens (tertiary/aromatic N) is 5. The van der Waals surface area contributed by atoms with Crippen LogP contribution in [0.2, 0.25) is 0 Å². The highest BCUT2D eigenvalue weighted by Crippen LogP contribution is 2.25. The van der Waals surface area contributed by atoms with E-state index in [0.717, 1.165) is 28.2 Å². The van der Waals surface area contributed by atoms with Crippen molar-refractivity contribution in [3.8, 4) is 11.3 Å². The van der Waals surface area contributed by atoms with Gasteiger partial charge in [-0.15, -0.1) is 0 Å². The number of pyridine rings is 1. The third-order valence-corrected chi connectivity index (χ3v) is 3.76. The van der Waals surface area contributed by atoms with Crippen LogP contribution in [0, 0.1) is 12.7 Å². The number of halogens is 1. The summed E-state index contributed by atoms with van der Waals surface area (Å²) >= 11 is 0. The standard InChI is InChI=1S/C17H14FN5/c1-12-2-7-16-21-17(13-3-5-14(18)6-4-13)15(23(16)8-12)9-22-11-19-10-20-22/h2-8,10-11H,9H2,1H3. The Kier molecular flexibility index (Phi) is 3.15. The van der Waals surface area contributed by atoms with Crippen LogP contribution in [-0.2, 0) is 6.54 Å². The predicted molar refractivity (Wildman–Crippen MR) is 84.4 cm³/mol. The van der Waals surface area contributed by atoms with Crippen molar-refractivity contribution in [1.82, 2.24) is 24.1 Å². The first kappa shape index (κ1) is 13.6. The first-order valence-electron chi connectivity index (χ1n) is 7.26. The molecule has 0 fully saturated rings. The van der Waals surface area contributed by atoms with Gasteiger partial charge in [0.25, 0.3) is 0 Å². The molecule has 0 bridgehead atoms. The Balaban J connectivity index is 1.93. The lowest BCUT2D eigenvalue weighted by atomic mass is 10.1. The second kappa shape index (κ2) is 5.31. The number of aromatic nitrogens is 5. The van der Waals surface area contributed by atoms with E-state index >= 15 is 0 Å². The largest absolute Gasteiger partial charge is 0.301 e. The summed E-state index contributed by atoms with van der Waals surface area (Å²) in [6.07, 6.45) is 5.22. The van der Waals surface area contributed by atoms with Gasteiger partial charge in [-0.3, -0.25) is 0 Å². The summed E-state index contributed by atoms with van der Waals surface area (Å²) in [5.74, 6) is -0.258. The molecule has 0 saturated carbocycles. The van der Waals surface area contributed by atoms with E-state index in [-0.39, 0.29) is 5.82 Å². The average Bonchev–Trinajstić information content (AvgIpc) is 3.17. The van der Waals surface area contributed by atoms with Crippen LogP contribution in [0.25, 0.3) is 16.9 Å². The van der Waals surface area contributed by atoms with Gasteiger partial charge >= 0.3 is 0 Å². The molecule has 3 heterocycles. The molecule has 114 valence electrons. The second-order valence-electron chi connectivity index (χ2n) is 5.44. The van der Waals surface area contributed by atoms with Crippen molar-refractivity contribution in [1.29, 1.82) is 0 Å². The van der Waals surface area contributed by atoms with E-state index in [2.05, 4.69) is 14.5 Å². The van der Waals surface area contributed by atoms with Gasteiger partial charge in [0.15, 0.2) is 0 Å². The number of hydrogen-bond acceptors (Lipinski definition) is 3. The predicted octanol–water partition coefficient (Wildman–Crippen LogP) is 3.09. The van der Waals surface area contributed by atoms with E-state index in [1.165, 1.54) is 18.5 Å². The SMILES string of the molecule is Cc1ccc2nc(-c3ccc(F)cc3)c(Cn3cncn3)n2c1. The van der Waals surface area contributed by atoms with Gasteiger partial charge in [0.2, 0.25) is 0 Å². The summed E-state index contributed by atoms with van der Waals surface area (Å²) in [5.41, 5.74) is 4.68. The average molecular weight is 307 g/mol. The zero-order chi connectivity index (χ0) is 15.8. The van der Waals surface area contributed by atoms with Crippen LogP contribution < -0.4 is 0 Å². The molecule has 0 amide bonds. The van der Waals surface area contributed by atoms with Gasteiger partial charge in [0, 0.05) is 11.8 Å². The molecule has 0 aliphatic heterocycles. The van der Waals surface area contributed by atoms with Gasteiger partial charge in [0.05, 0.1) is 17.9 Å². The molecule has 0 radical (unpaired) electrons. The van der Waals surface area contributed by atoms with Crippen molar-refractivity contribution >= 4 is 5.65 Å². The second-order valence-corrected chi connectivity index (χ2v) is 5.44. The highest BCUT2D eigenvalue weighted by molar-refractivity contribution is 5.66. The highest BCUT2D eigenvalue weighted by Gasteiger charge is 2.15. The minimum atomic E-state index is -0.258. The van der Waals surface area contributed by atoms with Crippen LogP contribution in [0.4, 0.5) is 4.39 Å². The monoisotopic (exact) mass is 307 g/mol. The number of fused-ring (bicyclic) bond motifs is 1. The maximum atomic E-state index is 13.2. The lowest BCUT2D eigenvalue weighted by molar-refractivity contribution is 0.628. The van der Waals surface area contributed by atoms with E-state index in [1.54, 1.807) is 23.1 Å². The first-order valence-corrected chi connectivity index (χ1v) is 7.26. The number of imidazole rings is 1. The molecule has 0 atom stereocenters. The van der Waals surface area contributed by atoms with Gasteiger partial charge in [-0.1, -0.05) is 6.07 Å². The molecule has 0 aliphatic rings. The van der Waals surface area contributed by atoms with Crippen molar-refractivity contribution in [2.24, 2.45) is 0 Å². The van der Waals surface area contributed by atoms with Crippen molar-refractivity contribution < 1.29 is 4.39 Å². The Morgan fingerprint density at radius 2 is 1.91 bits per heavy atom. The maximum Gasteiger partial charge on any atom is 0.137 e. The Hall–Kier alpha value is -3.02. The highest BCUT2D eigenvalue weighted by atomic mass is 19.1. The summed E-state index contributed by atoms with van der Waals surface area (Å²) in [6, 6.07) is 10.4. The zero-order valence-corrected chi connectivity index (χ0v) is 12.5. The van der Waals surface area contributed by atoms with E-state index in [4.69, 9.17) is 4.98 Å². The lowest BCUT2D eigenvalue weighted by Gasteiger charge is -2.06. The number of benzene rings is 1. The topological polar surface area (TPSA) is 48.0 Å². The lowest BCUT2D eigenvalue weighted by Crippen LogP contribution is -2.05. The Morgan fingerprint density at radius 3 is 2.65 bits per heavy atom. The van der Waals surface area contributed by atoms with E-state index in [9.17, 15) is 4.39 Å². The van der Waals surface area contributed by atoms with Crippen molar-refractivity contribution in [3.05, 3.63) is 72.3 Å². The molecular weight excluding hydrogens is 293 g/mol. The molecule has 4 rings (SSSR count). The van der Waals surface area contributed by atoms with E-state index < -0.39 is 0 Å². The molecule has 4 aromatic rings. The van der Waals surface area contributed by atoms with E-state index in [1.807, 2.05) is 25.3 Å². The minimum absolute atomic E-state index is 0.258. The normalized spacial score (nSPS) is 11.2. The Morgan fingerprint density at radius 1 is 1.09 bits per heavy atom. The zero-order valence-electron chi connectivity index (χ0n) is 12.5. The third-order valence-electron chi connectivity index (χ3n) is 3.76. The summed E-state index contributed by atoms with van der Waals surface area (Å²) in [4.78, 5) is 8.70. The Bertz CT molecular complexity index is 955. The fourth-order valence-corrected chi connectivity index (χ4v) is 2.66. The third kappa shape index (κ3) is 2.48. The van der Waals surface area contributed by atoms with Crippen LogP contribution in [0.5, 0.6) is 0 Å². The van der Waals surface area contributed by atoms with E-state index in [0.29, 0.717) is 6.54 Å². The van der Waals surface area contributed by atoms with Gasteiger partial charge in [-0.2, -0.15) is 5.10 Å². The molecule has 0 saturated heterocycles. The quantitative estimate of drug-likeness (QED) is 0.584. The molecule has 0 aliphatic carbocycles. The number of rotatable bonds is 3. The molecule has 5 nitrogen and oxygen atoms in total. The molecule has 1 aromatic carbocycles. The first-order chi connectivity index (χ1) is 11.2. The van der Waals surface area contributed by atoms with Gasteiger partial charge < -0.3 is 4.40 Å². The van der Waals surface area contributed by atoms with Crippen molar-refractivity contribution in [2.45, 2.75) is 13.5 Å². The molecule has 0 spiro atoms. The fourth-order valence-electron chi connectivity index (χ4n) is 2.66. The molecule has 0 unspecified atom stereocenters. The number of aryl methyl sites for hydroxylation is 1. The van der Waals surface area contributed by atoms with Crippen LogP contribution in [0.3, 0.4) is 0 Å². The molecule has 23 heavy (non-hydrogen) atoms. The van der Waals surface area contributed by atoms with Crippen molar-refractivity contribution in [3.63, 3.8) is 0 Å². The van der Waals surface area contributed by atoms with Gasteiger partial charge in [0.1, 0.15) is 24.1 Å². The summed E-state index contributed by atoms with van der Waals surface area (Å²) < 4.78 is 17.0. The number of hydrogen-bond donors (Lipinski definition) is 0. The minimum Gasteiger partial charge on any atom is -0.301 e. The fraction of sp³-hybridized carbons (Fsp3) is 0.118. The van der Waals surface area contributed by atoms with Gasteiger partial charge in [-0.25, -0.2) is 19.0 Å². The Labute approximate surface area is 132 Å². The summed E-state index contributed by atoms with van der Waals surface area (Å²) in [7, 11) is 0. The van der Waals surface area contributed by atoms with Crippen molar-refractivity contribution in [2.75, 3.05) is 0 Å². The van der Waals surface area contributed by atoms with Gasteiger partial charge in [-0.05, 0) is 42.8 Å². The maximum absolute atomic E-state index is 13.2. The summed E-state index contributed by atoms with van der Waals surface area (Å²) in [6.45, 7) is 2.58. The van der Waals surface area contributed by atoms with Crippen LogP contribution >= 0.6 is 0 Å². The molecule has 6 heteroatoms. The molecule has 3 aromatic heterocycles. The smallest absolute Gasteiger partial charge is 0.137 e. The molecular formula is C17H14FN5. The van der Waals surface area contributed by atoms with Crippen LogP contribution in [-0.4, -0.2) is 24.1 Å². The van der Waals surface area contributed by atoms with Crippen LogP contribution in [0.15, 0.2) is 55.2 Å². The molecule has 0 N–H and O–H groups in total. The summed E-state index contributed by atoms with van der Waals surface area (Å²) in [5, 5.41) is 4.17.